The van der Waals surface area contributed by atoms with Crippen LogP contribution in [0, 0.1) is 11.3 Å². The Morgan fingerprint density at radius 1 is 1.41 bits per heavy atom. The zero-order valence-electron chi connectivity index (χ0n) is 9.31. The number of hydrogen-bond donors (Lipinski definition) is 2. The van der Waals surface area contributed by atoms with E-state index in [1.165, 1.54) is 19.1 Å². The van der Waals surface area contributed by atoms with E-state index in [1.807, 2.05) is 0 Å². The molecule has 2 aliphatic carbocycles. The molecular formula is C12H13FO4. The highest BCUT2D eigenvalue weighted by Gasteiger charge is 2.48. The Bertz CT molecular complexity index is 447. The van der Waals surface area contributed by atoms with Crippen molar-refractivity contribution in [2.45, 2.75) is 25.9 Å². The fourth-order valence-corrected chi connectivity index (χ4v) is 2.05. The van der Waals surface area contributed by atoms with E-state index in [4.69, 9.17) is 10.2 Å². The lowest BCUT2D eigenvalue weighted by molar-refractivity contribution is -0.148. The number of alkyl halides is 1. The van der Waals surface area contributed by atoms with Crippen LogP contribution >= 0.6 is 0 Å². The van der Waals surface area contributed by atoms with Gasteiger partial charge in [-0.3, -0.25) is 4.79 Å². The van der Waals surface area contributed by atoms with E-state index in [0.29, 0.717) is 5.57 Å². The van der Waals surface area contributed by atoms with E-state index in [-0.39, 0.29) is 11.5 Å². The summed E-state index contributed by atoms with van der Waals surface area (Å²) in [6, 6.07) is 0. The molecule has 92 valence electrons. The molecule has 2 rings (SSSR count). The first-order valence-electron chi connectivity index (χ1n) is 5.42. The predicted molar refractivity (Wildman–Crippen MR) is 57.2 cm³/mol. The van der Waals surface area contributed by atoms with Gasteiger partial charge in [0, 0.05) is 0 Å². The van der Waals surface area contributed by atoms with Crippen LogP contribution in [-0.4, -0.2) is 28.3 Å². The molecular weight excluding hydrogens is 227 g/mol. The van der Waals surface area contributed by atoms with Gasteiger partial charge in [-0.2, -0.15) is 0 Å². The molecule has 2 aliphatic rings. The molecule has 0 amide bonds. The number of aliphatic carboxylic acids is 2. The summed E-state index contributed by atoms with van der Waals surface area (Å²) in [5.41, 5.74) is -1.73. The lowest BCUT2D eigenvalue weighted by Crippen LogP contribution is -2.41. The topological polar surface area (TPSA) is 74.6 Å². The van der Waals surface area contributed by atoms with Crippen molar-refractivity contribution in [3.63, 3.8) is 0 Å². The van der Waals surface area contributed by atoms with Crippen LogP contribution in [0.1, 0.15) is 19.8 Å². The Hall–Kier alpha value is -1.65. The number of halogens is 1. The standard InChI is InChI=1S/C12H13FO4/c1-12(11(16)17)5-4-7(6-2-3-6)8(9(12)13)10(14)15/h4-6,9H,2-3H2,1H3,(H,14,15)(H,16,17). The molecule has 0 aliphatic heterocycles. The number of carboxylic acids is 2. The molecule has 0 aromatic rings. The van der Waals surface area contributed by atoms with Gasteiger partial charge in [0.05, 0.1) is 5.57 Å². The highest BCUT2D eigenvalue weighted by molar-refractivity contribution is 5.93. The second-order valence-corrected chi connectivity index (χ2v) is 4.73. The molecule has 5 heteroatoms. The summed E-state index contributed by atoms with van der Waals surface area (Å²) in [7, 11) is 0. The van der Waals surface area contributed by atoms with Crippen LogP contribution in [-0.2, 0) is 9.59 Å². The quantitative estimate of drug-likeness (QED) is 0.788. The largest absolute Gasteiger partial charge is 0.481 e. The average Bonchev–Trinajstić information content (AvgIpc) is 3.04. The predicted octanol–water partition coefficient (Wildman–Crippen LogP) is 1.78. The van der Waals surface area contributed by atoms with Crippen molar-refractivity contribution in [3.8, 4) is 0 Å². The third-order valence-electron chi connectivity index (χ3n) is 3.41. The first kappa shape index (κ1) is 11.8. The lowest BCUT2D eigenvalue weighted by atomic mass is 9.75. The maximum absolute atomic E-state index is 14.2. The van der Waals surface area contributed by atoms with Gasteiger partial charge in [-0.25, -0.2) is 9.18 Å². The number of allylic oxidation sites excluding steroid dienone is 2. The molecule has 2 N–H and O–H groups in total. The van der Waals surface area contributed by atoms with Crippen LogP contribution in [0.3, 0.4) is 0 Å². The van der Waals surface area contributed by atoms with Crippen LogP contribution in [0.2, 0.25) is 0 Å². The van der Waals surface area contributed by atoms with Crippen LogP contribution in [0.25, 0.3) is 0 Å². The van der Waals surface area contributed by atoms with Crippen molar-refractivity contribution in [1.29, 1.82) is 0 Å². The Morgan fingerprint density at radius 3 is 2.41 bits per heavy atom. The Morgan fingerprint density at radius 2 is 2.00 bits per heavy atom. The van der Waals surface area contributed by atoms with Gasteiger partial charge in [0.15, 0.2) is 6.17 Å². The summed E-state index contributed by atoms with van der Waals surface area (Å²) >= 11 is 0. The van der Waals surface area contributed by atoms with Crippen molar-refractivity contribution >= 4 is 11.9 Å². The third-order valence-corrected chi connectivity index (χ3v) is 3.41. The van der Waals surface area contributed by atoms with Crippen molar-refractivity contribution < 1.29 is 24.2 Å². The van der Waals surface area contributed by atoms with Gasteiger partial charge in [0.25, 0.3) is 0 Å². The first-order valence-corrected chi connectivity index (χ1v) is 5.42. The SMILES string of the molecule is CC1(C(=O)O)C=CC(C2CC2)=C(C(=O)O)C1F. The fraction of sp³-hybridized carbons (Fsp3) is 0.500. The summed E-state index contributed by atoms with van der Waals surface area (Å²) in [5.74, 6) is -2.64. The molecule has 1 fully saturated rings. The number of hydrogen-bond acceptors (Lipinski definition) is 2. The van der Waals surface area contributed by atoms with E-state index in [2.05, 4.69) is 0 Å². The van der Waals surface area contributed by atoms with Gasteiger partial charge >= 0.3 is 11.9 Å². The van der Waals surface area contributed by atoms with Crippen LogP contribution in [0.15, 0.2) is 23.3 Å². The van der Waals surface area contributed by atoms with Crippen LogP contribution in [0.5, 0.6) is 0 Å². The molecule has 17 heavy (non-hydrogen) atoms. The summed E-state index contributed by atoms with van der Waals surface area (Å²) < 4.78 is 14.2. The minimum atomic E-state index is -2.00. The van der Waals surface area contributed by atoms with Gasteiger partial charge in [-0.05, 0) is 31.3 Å². The average molecular weight is 240 g/mol. The van der Waals surface area contributed by atoms with Crippen molar-refractivity contribution in [2.24, 2.45) is 11.3 Å². The smallest absolute Gasteiger partial charge is 0.334 e. The van der Waals surface area contributed by atoms with Gasteiger partial charge in [0.2, 0.25) is 0 Å². The zero-order chi connectivity index (χ0) is 12.8. The van der Waals surface area contributed by atoms with E-state index >= 15 is 0 Å². The van der Waals surface area contributed by atoms with Gasteiger partial charge < -0.3 is 10.2 Å². The maximum atomic E-state index is 14.2. The number of rotatable bonds is 3. The maximum Gasteiger partial charge on any atom is 0.334 e. The molecule has 0 aromatic carbocycles. The summed E-state index contributed by atoms with van der Waals surface area (Å²) in [6.45, 7) is 1.20. The highest BCUT2D eigenvalue weighted by Crippen LogP contribution is 2.45. The molecule has 0 bridgehead atoms. The van der Waals surface area contributed by atoms with E-state index in [0.717, 1.165) is 12.8 Å². The first-order chi connectivity index (χ1) is 7.88. The molecule has 2 unspecified atom stereocenters. The number of carboxylic acid groups (broad SMARTS) is 2. The summed E-state index contributed by atoms with van der Waals surface area (Å²) in [6.07, 6.45) is 2.41. The van der Waals surface area contributed by atoms with E-state index in [1.54, 1.807) is 0 Å². The second-order valence-electron chi connectivity index (χ2n) is 4.73. The Balaban J connectivity index is 2.47. The van der Waals surface area contributed by atoms with E-state index < -0.39 is 23.5 Å². The monoisotopic (exact) mass is 240 g/mol. The minimum Gasteiger partial charge on any atom is -0.481 e. The van der Waals surface area contributed by atoms with Crippen molar-refractivity contribution in [3.05, 3.63) is 23.3 Å². The second kappa shape index (κ2) is 3.68. The Labute approximate surface area is 97.4 Å². The van der Waals surface area contributed by atoms with Crippen LogP contribution < -0.4 is 0 Å². The minimum absolute atomic E-state index is 0.0777. The molecule has 2 atom stereocenters. The highest BCUT2D eigenvalue weighted by atomic mass is 19.1. The Kier molecular flexibility index (Phi) is 2.56. The zero-order valence-corrected chi connectivity index (χ0v) is 9.31. The molecule has 0 heterocycles. The van der Waals surface area contributed by atoms with Gasteiger partial charge in [-0.15, -0.1) is 0 Å². The molecule has 1 saturated carbocycles. The van der Waals surface area contributed by atoms with Gasteiger partial charge in [0.1, 0.15) is 5.41 Å². The van der Waals surface area contributed by atoms with Crippen LogP contribution in [0.4, 0.5) is 4.39 Å². The fourth-order valence-electron chi connectivity index (χ4n) is 2.05. The van der Waals surface area contributed by atoms with E-state index in [9.17, 15) is 14.0 Å². The van der Waals surface area contributed by atoms with Gasteiger partial charge in [-0.1, -0.05) is 12.2 Å². The lowest BCUT2D eigenvalue weighted by Gasteiger charge is -2.30. The molecule has 4 nitrogen and oxygen atoms in total. The summed E-state index contributed by atoms with van der Waals surface area (Å²) in [4.78, 5) is 22.1. The molecule has 0 spiro atoms. The normalized spacial score (nSPS) is 32.7. The summed E-state index contributed by atoms with van der Waals surface area (Å²) in [5, 5.41) is 18.0. The number of carbonyl (C=O) groups is 2. The van der Waals surface area contributed by atoms with Crippen molar-refractivity contribution in [1.82, 2.24) is 0 Å². The molecule has 0 radical (unpaired) electrons. The third kappa shape index (κ3) is 1.75. The molecule has 0 aromatic heterocycles. The molecule has 0 saturated heterocycles. The van der Waals surface area contributed by atoms with Crippen molar-refractivity contribution in [2.75, 3.05) is 0 Å².